The van der Waals surface area contributed by atoms with Gasteiger partial charge in [-0.05, 0) is 25.1 Å². The number of hydrogen-bond acceptors (Lipinski definition) is 3. The van der Waals surface area contributed by atoms with Crippen molar-refractivity contribution in [2.24, 2.45) is 0 Å². The molecular formula is C15H17FN2O. The second kappa shape index (κ2) is 5.80. The second-order valence-corrected chi connectivity index (χ2v) is 4.53. The molecule has 1 aromatic heterocycles. The van der Waals surface area contributed by atoms with E-state index in [1.165, 1.54) is 6.07 Å². The lowest BCUT2D eigenvalue weighted by atomic mass is 10.1. The summed E-state index contributed by atoms with van der Waals surface area (Å²) in [5.41, 5.74) is 1.85. The maximum Gasteiger partial charge on any atom is 0.146 e. The Labute approximate surface area is 112 Å². The van der Waals surface area contributed by atoms with Crippen molar-refractivity contribution in [3.8, 4) is 0 Å². The van der Waals surface area contributed by atoms with Gasteiger partial charge >= 0.3 is 0 Å². The van der Waals surface area contributed by atoms with Crippen molar-refractivity contribution in [1.29, 1.82) is 0 Å². The Morgan fingerprint density at radius 1 is 1.26 bits per heavy atom. The van der Waals surface area contributed by atoms with Gasteiger partial charge in [-0.15, -0.1) is 0 Å². The standard InChI is InChI=1S/C15H17FN2O/c1-11(19)13-7-5-8-14(16)15(13)18(2)10-12-6-3-4-9-17-12/h3-9,11,19H,10H2,1-2H3/t11-/m1/s1. The average Bonchev–Trinajstić information content (AvgIpc) is 2.39. The molecule has 1 N–H and O–H groups in total. The van der Waals surface area contributed by atoms with Gasteiger partial charge in [0.1, 0.15) is 5.82 Å². The molecule has 0 saturated carbocycles. The first-order valence-corrected chi connectivity index (χ1v) is 6.17. The van der Waals surface area contributed by atoms with Gasteiger partial charge in [-0.1, -0.05) is 18.2 Å². The van der Waals surface area contributed by atoms with Gasteiger partial charge in [0.25, 0.3) is 0 Å². The molecule has 0 aliphatic heterocycles. The first kappa shape index (κ1) is 13.5. The lowest BCUT2D eigenvalue weighted by Crippen LogP contribution is -2.20. The summed E-state index contributed by atoms with van der Waals surface area (Å²) in [5.74, 6) is -0.336. The predicted molar refractivity (Wildman–Crippen MR) is 73.4 cm³/mol. The summed E-state index contributed by atoms with van der Waals surface area (Å²) in [4.78, 5) is 5.99. The lowest BCUT2D eigenvalue weighted by molar-refractivity contribution is 0.199. The molecule has 0 saturated heterocycles. The molecule has 2 rings (SSSR count). The number of aliphatic hydroxyl groups is 1. The third-order valence-electron chi connectivity index (χ3n) is 2.98. The zero-order chi connectivity index (χ0) is 13.8. The van der Waals surface area contributed by atoms with E-state index in [0.717, 1.165) is 5.69 Å². The number of aliphatic hydroxyl groups excluding tert-OH is 1. The second-order valence-electron chi connectivity index (χ2n) is 4.53. The van der Waals surface area contributed by atoms with E-state index in [1.54, 1.807) is 37.2 Å². The first-order valence-electron chi connectivity index (χ1n) is 6.17. The fraction of sp³-hybridized carbons (Fsp3) is 0.267. The Balaban J connectivity index is 2.31. The van der Waals surface area contributed by atoms with Crippen LogP contribution >= 0.6 is 0 Å². The van der Waals surface area contributed by atoms with Crippen LogP contribution < -0.4 is 4.90 Å². The summed E-state index contributed by atoms with van der Waals surface area (Å²) < 4.78 is 14.0. The molecule has 0 aliphatic rings. The van der Waals surface area contributed by atoms with Crippen LogP contribution in [0.2, 0.25) is 0 Å². The highest BCUT2D eigenvalue weighted by Gasteiger charge is 2.16. The van der Waals surface area contributed by atoms with E-state index < -0.39 is 6.10 Å². The maximum atomic E-state index is 14.0. The zero-order valence-corrected chi connectivity index (χ0v) is 11.0. The lowest BCUT2D eigenvalue weighted by Gasteiger charge is -2.23. The molecule has 1 atom stereocenters. The van der Waals surface area contributed by atoms with E-state index in [9.17, 15) is 9.50 Å². The van der Waals surface area contributed by atoms with E-state index in [2.05, 4.69) is 4.98 Å². The number of halogens is 1. The Morgan fingerprint density at radius 2 is 2.05 bits per heavy atom. The van der Waals surface area contributed by atoms with Gasteiger partial charge in [0.15, 0.2) is 0 Å². The van der Waals surface area contributed by atoms with E-state index >= 15 is 0 Å². The summed E-state index contributed by atoms with van der Waals surface area (Å²) in [5, 5.41) is 9.74. The topological polar surface area (TPSA) is 36.4 Å². The van der Waals surface area contributed by atoms with Gasteiger partial charge in [0, 0.05) is 18.8 Å². The molecule has 100 valence electrons. The third kappa shape index (κ3) is 3.09. The van der Waals surface area contributed by atoms with Gasteiger partial charge < -0.3 is 10.0 Å². The molecule has 0 radical (unpaired) electrons. The van der Waals surface area contributed by atoms with Gasteiger partial charge in [-0.25, -0.2) is 4.39 Å². The minimum absolute atomic E-state index is 0.336. The number of para-hydroxylation sites is 1. The first-order chi connectivity index (χ1) is 9.09. The molecule has 1 heterocycles. The average molecular weight is 260 g/mol. The smallest absolute Gasteiger partial charge is 0.146 e. The van der Waals surface area contributed by atoms with E-state index in [0.29, 0.717) is 17.8 Å². The van der Waals surface area contributed by atoms with Crippen molar-refractivity contribution in [3.05, 3.63) is 59.7 Å². The van der Waals surface area contributed by atoms with Crippen LogP contribution in [0, 0.1) is 5.82 Å². The van der Waals surface area contributed by atoms with Crippen LogP contribution in [-0.2, 0) is 6.54 Å². The van der Waals surface area contributed by atoms with Gasteiger partial charge in [0.2, 0.25) is 0 Å². The molecule has 0 amide bonds. The minimum Gasteiger partial charge on any atom is -0.389 e. The van der Waals surface area contributed by atoms with Crippen molar-refractivity contribution >= 4 is 5.69 Å². The summed E-state index contributed by atoms with van der Waals surface area (Å²) >= 11 is 0. The number of rotatable bonds is 4. The van der Waals surface area contributed by atoms with Crippen molar-refractivity contribution in [2.45, 2.75) is 19.6 Å². The van der Waals surface area contributed by atoms with Crippen molar-refractivity contribution in [2.75, 3.05) is 11.9 Å². The molecule has 0 fully saturated rings. The fourth-order valence-electron chi connectivity index (χ4n) is 2.09. The number of anilines is 1. The number of pyridine rings is 1. The van der Waals surface area contributed by atoms with Crippen LogP contribution in [-0.4, -0.2) is 17.1 Å². The minimum atomic E-state index is -0.711. The summed E-state index contributed by atoms with van der Waals surface area (Å²) in [6, 6.07) is 10.4. The number of aromatic nitrogens is 1. The van der Waals surface area contributed by atoms with Crippen LogP contribution in [0.1, 0.15) is 24.3 Å². The Kier molecular flexibility index (Phi) is 4.12. The Bertz CT molecular complexity index is 543. The molecule has 0 bridgehead atoms. The molecule has 19 heavy (non-hydrogen) atoms. The Morgan fingerprint density at radius 3 is 2.68 bits per heavy atom. The molecule has 3 nitrogen and oxygen atoms in total. The summed E-state index contributed by atoms with van der Waals surface area (Å²) in [7, 11) is 1.79. The van der Waals surface area contributed by atoms with E-state index in [-0.39, 0.29) is 5.82 Å². The van der Waals surface area contributed by atoms with E-state index in [4.69, 9.17) is 0 Å². The Hall–Kier alpha value is -1.94. The highest BCUT2D eigenvalue weighted by atomic mass is 19.1. The third-order valence-corrected chi connectivity index (χ3v) is 2.98. The van der Waals surface area contributed by atoms with Gasteiger partial charge in [-0.2, -0.15) is 0 Å². The van der Waals surface area contributed by atoms with Crippen molar-refractivity contribution < 1.29 is 9.50 Å². The van der Waals surface area contributed by atoms with Crippen molar-refractivity contribution in [1.82, 2.24) is 4.98 Å². The molecular weight excluding hydrogens is 243 g/mol. The van der Waals surface area contributed by atoms with E-state index in [1.807, 2.05) is 18.2 Å². The highest BCUT2D eigenvalue weighted by molar-refractivity contribution is 5.55. The largest absolute Gasteiger partial charge is 0.389 e. The predicted octanol–water partition coefficient (Wildman–Crippen LogP) is 2.91. The molecule has 0 aliphatic carbocycles. The van der Waals surface area contributed by atoms with Crippen LogP contribution in [0.4, 0.5) is 10.1 Å². The summed E-state index contributed by atoms with van der Waals surface area (Å²) in [6.45, 7) is 2.12. The number of hydrogen-bond donors (Lipinski definition) is 1. The highest BCUT2D eigenvalue weighted by Crippen LogP contribution is 2.29. The van der Waals surface area contributed by atoms with Crippen LogP contribution in [0.3, 0.4) is 0 Å². The van der Waals surface area contributed by atoms with Gasteiger partial charge in [0.05, 0.1) is 24.0 Å². The number of nitrogens with zero attached hydrogens (tertiary/aromatic N) is 2. The molecule has 0 unspecified atom stereocenters. The quantitative estimate of drug-likeness (QED) is 0.918. The summed E-state index contributed by atoms with van der Waals surface area (Å²) in [6.07, 6.45) is 0.997. The van der Waals surface area contributed by atoms with Crippen LogP contribution in [0.15, 0.2) is 42.6 Å². The monoisotopic (exact) mass is 260 g/mol. The van der Waals surface area contributed by atoms with Crippen LogP contribution in [0.25, 0.3) is 0 Å². The SMILES string of the molecule is C[C@@H](O)c1cccc(F)c1N(C)Cc1ccccn1. The molecule has 4 heteroatoms. The van der Waals surface area contributed by atoms with Gasteiger partial charge in [-0.3, -0.25) is 4.98 Å². The zero-order valence-electron chi connectivity index (χ0n) is 11.0. The number of benzene rings is 1. The molecule has 1 aromatic carbocycles. The normalized spacial score (nSPS) is 12.2. The van der Waals surface area contributed by atoms with Crippen molar-refractivity contribution in [3.63, 3.8) is 0 Å². The fourth-order valence-corrected chi connectivity index (χ4v) is 2.09. The van der Waals surface area contributed by atoms with Crippen LogP contribution in [0.5, 0.6) is 0 Å². The maximum absolute atomic E-state index is 14.0. The molecule has 2 aromatic rings. The molecule has 0 spiro atoms.